The average molecular weight is 284 g/mol. The summed E-state index contributed by atoms with van der Waals surface area (Å²) in [5.74, 6) is 0.502. The Balaban J connectivity index is 2.28. The van der Waals surface area contributed by atoms with Crippen molar-refractivity contribution in [2.24, 2.45) is 5.73 Å². The maximum absolute atomic E-state index is 11.3. The van der Waals surface area contributed by atoms with Gasteiger partial charge in [0.25, 0.3) is 5.56 Å². The summed E-state index contributed by atoms with van der Waals surface area (Å²) in [5, 5.41) is 3.58. The molecule has 106 valence electrons. The Kier molecular flexibility index (Phi) is 6.04. The highest BCUT2D eigenvalue weighted by atomic mass is 32.2. The van der Waals surface area contributed by atoms with Crippen LogP contribution in [0.4, 0.5) is 0 Å². The van der Waals surface area contributed by atoms with Crippen molar-refractivity contribution in [2.45, 2.75) is 36.9 Å². The molecule has 1 aromatic rings. The van der Waals surface area contributed by atoms with E-state index in [1.54, 1.807) is 14.0 Å². The summed E-state index contributed by atoms with van der Waals surface area (Å²) in [7, 11) is 1.73. The Bertz CT molecular complexity index is 477. The third-order valence-corrected chi connectivity index (χ3v) is 4.03. The van der Waals surface area contributed by atoms with Gasteiger partial charge < -0.3 is 16.0 Å². The summed E-state index contributed by atoms with van der Waals surface area (Å²) >= 11 is 1.50. The normalized spacial score (nSPS) is 14.0. The highest BCUT2D eigenvalue weighted by Gasteiger charge is 2.27. The first kappa shape index (κ1) is 15.7. The van der Waals surface area contributed by atoms with Gasteiger partial charge in [-0.2, -0.15) is 0 Å². The summed E-state index contributed by atoms with van der Waals surface area (Å²) in [6.45, 7) is 1.80. The van der Waals surface area contributed by atoms with Crippen molar-refractivity contribution in [3.63, 3.8) is 0 Å². The molecule has 1 rings (SSSR count). The van der Waals surface area contributed by atoms with Gasteiger partial charge >= 0.3 is 0 Å². The van der Waals surface area contributed by atoms with E-state index in [9.17, 15) is 9.59 Å². The maximum Gasteiger partial charge on any atom is 0.251 e. The fraction of sp³-hybridized carbons (Fsp3) is 0.583. The van der Waals surface area contributed by atoms with Crippen LogP contribution in [0.5, 0.6) is 0 Å². The number of carbonyl (C=O) groups excluding carboxylic acids is 1. The molecule has 0 saturated carbocycles. The quantitative estimate of drug-likeness (QED) is 0.366. The zero-order chi connectivity index (χ0) is 14.3. The number of nitrogens with one attached hydrogen (secondary N) is 2. The number of amides is 1. The molecule has 1 heterocycles. The van der Waals surface area contributed by atoms with E-state index < -0.39 is 5.54 Å². The second-order valence-corrected chi connectivity index (χ2v) is 5.57. The molecule has 0 aromatic carbocycles. The molecule has 0 saturated heterocycles. The summed E-state index contributed by atoms with van der Waals surface area (Å²) in [4.78, 5) is 29.0. The number of nitrogens with two attached hydrogens (primary N) is 1. The second-order valence-electron chi connectivity index (χ2n) is 4.49. The van der Waals surface area contributed by atoms with E-state index in [2.05, 4.69) is 15.3 Å². The van der Waals surface area contributed by atoms with Gasteiger partial charge in [-0.15, -0.1) is 0 Å². The van der Waals surface area contributed by atoms with Crippen LogP contribution in [-0.4, -0.2) is 34.2 Å². The molecule has 0 bridgehead atoms. The molecular weight excluding hydrogens is 264 g/mol. The van der Waals surface area contributed by atoms with Crippen LogP contribution >= 0.6 is 11.8 Å². The topological polar surface area (TPSA) is 101 Å². The number of aromatic amines is 1. The molecule has 4 N–H and O–H groups in total. The highest BCUT2D eigenvalue weighted by molar-refractivity contribution is 7.99. The number of unbranched alkanes of at least 4 members (excludes halogenated alkanes) is 1. The van der Waals surface area contributed by atoms with E-state index in [4.69, 9.17) is 5.73 Å². The molecule has 0 fully saturated rings. The number of hydrogen-bond donors (Lipinski definition) is 3. The number of rotatable bonds is 8. The van der Waals surface area contributed by atoms with Gasteiger partial charge in [0.05, 0.1) is 5.54 Å². The lowest BCUT2D eigenvalue weighted by atomic mass is 9.94. The van der Waals surface area contributed by atoms with Crippen LogP contribution in [0, 0.1) is 0 Å². The number of hydrogen-bond acceptors (Lipinski definition) is 5. The molecule has 0 aliphatic carbocycles. The lowest BCUT2D eigenvalue weighted by molar-refractivity contribution is -0.123. The van der Waals surface area contributed by atoms with Crippen molar-refractivity contribution in [1.82, 2.24) is 15.3 Å². The predicted molar refractivity (Wildman–Crippen MR) is 76.1 cm³/mol. The Morgan fingerprint density at radius 1 is 1.58 bits per heavy atom. The Morgan fingerprint density at radius 2 is 2.32 bits per heavy atom. The number of H-pyrrole nitrogens is 1. The van der Waals surface area contributed by atoms with Crippen LogP contribution in [0.15, 0.2) is 22.2 Å². The van der Waals surface area contributed by atoms with Gasteiger partial charge in [0.1, 0.15) is 0 Å². The summed E-state index contributed by atoms with van der Waals surface area (Å²) in [6.07, 6.45) is 3.99. The maximum atomic E-state index is 11.3. The molecule has 1 atom stereocenters. The van der Waals surface area contributed by atoms with Gasteiger partial charge in [-0.1, -0.05) is 18.2 Å². The first-order valence-electron chi connectivity index (χ1n) is 6.15. The van der Waals surface area contributed by atoms with Gasteiger partial charge in [0.2, 0.25) is 5.91 Å². The van der Waals surface area contributed by atoms with Crippen molar-refractivity contribution in [3.05, 3.63) is 22.6 Å². The van der Waals surface area contributed by atoms with E-state index in [-0.39, 0.29) is 11.5 Å². The number of primary amides is 1. The SMILES string of the molecule is CNC(C)(CCCCSc1nccc(=O)[nH]1)C(N)=O. The van der Waals surface area contributed by atoms with Crippen LogP contribution in [0.1, 0.15) is 26.2 Å². The zero-order valence-corrected chi connectivity index (χ0v) is 12.0. The Hall–Kier alpha value is -1.34. The van der Waals surface area contributed by atoms with Crippen molar-refractivity contribution in [3.8, 4) is 0 Å². The van der Waals surface area contributed by atoms with Gasteiger partial charge in [-0.3, -0.25) is 9.59 Å². The molecule has 0 spiro atoms. The minimum Gasteiger partial charge on any atom is -0.368 e. The molecule has 0 radical (unpaired) electrons. The van der Waals surface area contributed by atoms with Gasteiger partial charge in [0.15, 0.2) is 5.16 Å². The van der Waals surface area contributed by atoms with Crippen LogP contribution in [0.2, 0.25) is 0 Å². The van der Waals surface area contributed by atoms with E-state index in [0.717, 1.165) is 18.6 Å². The minimum absolute atomic E-state index is 0.144. The number of carbonyl (C=O) groups is 1. The third-order valence-electron chi connectivity index (χ3n) is 3.05. The first-order chi connectivity index (χ1) is 8.98. The molecule has 1 aromatic heterocycles. The first-order valence-corrected chi connectivity index (χ1v) is 7.13. The number of nitrogens with zero attached hydrogens (tertiary/aromatic N) is 1. The molecule has 1 amide bonds. The van der Waals surface area contributed by atoms with Gasteiger partial charge in [0, 0.05) is 18.0 Å². The molecule has 6 nitrogen and oxygen atoms in total. The monoisotopic (exact) mass is 284 g/mol. The van der Waals surface area contributed by atoms with Crippen molar-refractivity contribution >= 4 is 17.7 Å². The number of likely N-dealkylation sites (N-methyl/N-ethyl adjacent to an activating group) is 1. The third kappa shape index (κ3) is 5.04. The zero-order valence-electron chi connectivity index (χ0n) is 11.2. The molecule has 0 aliphatic heterocycles. The average Bonchev–Trinajstić information content (AvgIpc) is 2.38. The molecule has 7 heteroatoms. The standard InChI is InChI=1S/C12H20N4O2S/c1-12(14-2,10(13)18)6-3-4-8-19-11-15-7-5-9(17)16-11/h5,7,14H,3-4,6,8H2,1-2H3,(H2,13,18)(H,15,16,17). The number of thioether (sulfide) groups is 1. The minimum atomic E-state index is -0.649. The van der Waals surface area contributed by atoms with Crippen molar-refractivity contribution < 1.29 is 4.79 Å². The van der Waals surface area contributed by atoms with Gasteiger partial charge in [-0.25, -0.2) is 4.98 Å². The molecule has 1 unspecified atom stereocenters. The van der Waals surface area contributed by atoms with Crippen LogP contribution in [0.25, 0.3) is 0 Å². The lowest BCUT2D eigenvalue weighted by Gasteiger charge is -2.25. The van der Waals surface area contributed by atoms with Crippen LogP contribution in [-0.2, 0) is 4.79 Å². The number of aromatic nitrogens is 2. The van der Waals surface area contributed by atoms with Crippen molar-refractivity contribution in [1.29, 1.82) is 0 Å². The molecule has 0 aliphatic rings. The van der Waals surface area contributed by atoms with Gasteiger partial charge in [-0.05, 0) is 26.8 Å². The second kappa shape index (κ2) is 7.30. The summed E-state index contributed by atoms with van der Waals surface area (Å²) < 4.78 is 0. The van der Waals surface area contributed by atoms with E-state index in [1.165, 1.54) is 24.0 Å². The molecular formula is C12H20N4O2S. The predicted octanol–water partition coefficient (Wildman–Crippen LogP) is 0.496. The fourth-order valence-electron chi connectivity index (χ4n) is 1.55. The Morgan fingerprint density at radius 3 is 2.89 bits per heavy atom. The van der Waals surface area contributed by atoms with E-state index in [0.29, 0.717) is 11.6 Å². The largest absolute Gasteiger partial charge is 0.368 e. The van der Waals surface area contributed by atoms with Crippen molar-refractivity contribution in [2.75, 3.05) is 12.8 Å². The highest BCUT2D eigenvalue weighted by Crippen LogP contribution is 2.17. The molecule has 19 heavy (non-hydrogen) atoms. The van der Waals surface area contributed by atoms with Crippen LogP contribution in [0.3, 0.4) is 0 Å². The summed E-state index contributed by atoms with van der Waals surface area (Å²) in [5.41, 5.74) is 4.55. The Labute approximate surface area is 116 Å². The fourth-order valence-corrected chi connectivity index (χ4v) is 2.40. The van der Waals surface area contributed by atoms with E-state index >= 15 is 0 Å². The smallest absolute Gasteiger partial charge is 0.251 e. The summed E-state index contributed by atoms with van der Waals surface area (Å²) in [6, 6.07) is 1.38. The lowest BCUT2D eigenvalue weighted by Crippen LogP contribution is -2.51. The van der Waals surface area contributed by atoms with E-state index in [1.807, 2.05) is 0 Å². The van der Waals surface area contributed by atoms with Crippen LogP contribution < -0.4 is 16.6 Å².